The van der Waals surface area contributed by atoms with Crippen LogP contribution in [0, 0.1) is 0 Å². The Kier molecular flexibility index (Phi) is 14.1. The molecule has 0 saturated carbocycles. The van der Waals surface area contributed by atoms with E-state index in [0.717, 1.165) is 48.9 Å². The molecule has 9 nitrogen and oxygen atoms in total. The molecule has 1 aliphatic heterocycles. The Morgan fingerprint density at radius 3 is 2.31 bits per heavy atom. The monoisotopic (exact) mass is 887 g/mol. The molecule has 15 heteroatoms. The van der Waals surface area contributed by atoms with Gasteiger partial charge in [-0.15, -0.1) is 11.8 Å². The van der Waals surface area contributed by atoms with E-state index < -0.39 is 26.7 Å². The van der Waals surface area contributed by atoms with Crippen LogP contribution in [0.2, 0.25) is 5.02 Å². The second-order valence-electron chi connectivity index (χ2n) is 15.5. The largest absolute Gasteiger partial charge is 0.418 e. The number of fused-ring (bicyclic) bond motifs is 1. The highest BCUT2D eigenvalue weighted by molar-refractivity contribution is 7.99. The van der Waals surface area contributed by atoms with Crippen molar-refractivity contribution in [1.82, 2.24) is 19.8 Å². The molecule has 2 heterocycles. The predicted octanol–water partition coefficient (Wildman–Crippen LogP) is 10.4. The van der Waals surface area contributed by atoms with Crippen molar-refractivity contribution in [3.63, 3.8) is 0 Å². The number of rotatable bonds is 16. The average molecular weight is 889 g/mol. The van der Waals surface area contributed by atoms with Crippen LogP contribution in [-0.2, 0) is 22.7 Å². The van der Waals surface area contributed by atoms with Crippen molar-refractivity contribution in [2.45, 2.75) is 54.9 Å². The molecule has 0 spiro atoms. The number of thioether (sulfide) groups is 1. The van der Waals surface area contributed by atoms with Crippen LogP contribution >= 0.6 is 23.4 Å². The van der Waals surface area contributed by atoms with E-state index in [4.69, 9.17) is 11.6 Å². The van der Waals surface area contributed by atoms with Crippen molar-refractivity contribution in [2.75, 3.05) is 60.5 Å². The first-order valence-corrected chi connectivity index (χ1v) is 23.0. The molecular formula is C46H49ClF3N7O2S2. The van der Waals surface area contributed by atoms with Gasteiger partial charge in [-0.1, -0.05) is 66.2 Å². The van der Waals surface area contributed by atoms with Crippen LogP contribution in [0.4, 0.5) is 30.4 Å². The fourth-order valence-corrected chi connectivity index (χ4v) is 9.46. The SMILES string of the molecule is CC(C)N(C)CC[C@H](CSc1ccccc1)Nc1ccc(S(=O)(=O)Nc2ncnc3cc(N4CCN(Cc5ccccc5-c5ccc(Cl)cc5)CC4)ccc23)cc1C(F)(F)F. The summed E-state index contributed by atoms with van der Waals surface area (Å²) in [6.07, 6.45) is -3.00. The van der Waals surface area contributed by atoms with Gasteiger partial charge in [0.25, 0.3) is 10.0 Å². The molecule has 61 heavy (non-hydrogen) atoms. The lowest BCUT2D eigenvalue weighted by Gasteiger charge is -2.36. The van der Waals surface area contributed by atoms with Crippen molar-refractivity contribution in [3.05, 3.63) is 138 Å². The Bertz CT molecular complexity index is 2520. The number of anilines is 3. The number of aromatic nitrogens is 2. The van der Waals surface area contributed by atoms with Gasteiger partial charge in [0.2, 0.25) is 0 Å². The molecule has 1 aliphatic rings. The minimum Gasteiger partial charge on any atom is -0.381 e. The quantitative estimate of drug-likeness (QED) is 0.0922. The van der Waals surface area contributed by atoms with Gasteiger partial charge in [-0.25, -0.2) is 18.4 Å². The van der Waals surface area contributed by atoms with E-state index in [1.165, 1.54) is 29.6 Å². The number of hydrogen-bond acceptors (Lipinski definition) is 9. The topological polar surface area (TPSA) is 93.7 Å². The molecular weight excluding hydrogens is 839 g/mol. The molecule has 1 atom stereocenters. The summed E-state index contributed by atoms with van der Waals surface area (Å²) >= 11 is 7.69. The van der Waals surface area contributed by atoms with Gasteiger partial charge in [-0.2, -0.15) is 13.2 Å². The number of piperazine rings is 1. The molecule has 6 aromatic rings. The van der Waals surface area contributed by atoms with Crippen molar-refractivity contribution >= 4 is 61.5 Å². The molecule has 1 saturated heterocycles. The summed E-state index contributed by atoms with van der Waals surface area (Å²) in [4.78, 5) is 15.9. The fourth-order valence-electron chi connectivity index (χ4n) is 7.28. The normalized spacial score (nSPS) is 14.5. The summed E-state index contributed by atoms with van der Waals surface area (Å²) < 4.78 is 74.0. The molecule has 320 valence electrons. The van der Waals surface area contributed by atoms with Crippen LogP contribution in [0.15, 0.2) is 131 Å². The van der Waals surface area contributed by atoms with Gasteiger partial charge in [0.15, 0.2) is 5.82 Å². The zero-order valence-electron chi connectivity index (χ0n) is 34.2. The number of nitrogens with one attached hydrogen (secondary N) is 2. The minimum absolute atomic E-state index is 0.0243. The van der Waals surface area contributed by atoms with Crippen LogP contribution < -0.4 is 14.9 Å². The Labute approximate surface area is 365 Å². The number of sulfonamides is 1. The summed E-state index contributed by atoms with van der Waals surface area (Å²) in [5, 5.41) is 4.24. The molecule has 1 fully saturated rings. The average Bonchev–Trinajstić information content (AvgIpc) is 3.25. The summed E-state index contributed by atoms with van der Waals surface area (Å²) in [5.74, 6) is 0.484. The van der Waals surface area contributed by atoms with E-state index in [1.54, 1.807) is 17.8 Å². The maximum absolute atomic E-state index is 14.7. The van der Waals surface area contributed by atoms with E-state index in [0.29, 0.717) is 40.7 Å². The highest BCUT2D eigenvalue weighted by Crippen LogP contribution is 2.38. The first kappa shape index (κ1) is 44.2. The van der Waals surface area contributed by atoms with E-state index in [9.17, 15) is 21.6 Å². The molecule has 0 bridgehead atoms. The van der Waals surface area contributed by atoms with Gasteiger partial charge in [-0.3, -0.25) is 9.62 Å². The third kappa shape index (κ3) is 11.3. The lowest BCUT2D eigenvalue weighted by molar-refractivity contribution is -0.137. The van der Waals surface area contributed by atoms with Crippen molar-refractivity contribution in [2.24, 2.45) is 0 Å². The second-order valence-corrected chi connectivity index (χ2v) is 18.7. The molecule has 0 unspecified atom stereocenters. The van der Waals surface area contributed by atoms with Crippen LogP contribution in [0.5, 0.6) is 0 Å². The van der Waals surface area contributed by atoms with E-state index >= 15 is 0 Å². The maximum Gasteiger partial charge on any atom is 0.418 e. The van der Waals surface area contributed by atoms with Crippen molar-refractivity contribution in [1.29, 1.82) is 0 Å². The smallest absolute Gasteiger partial charge is 0.381 e. The van der Waals surface area contributed by atoms with Crippen molar-refractivity contribution in [3.8, 4) is 11.1 Å². The Morgan fingerprint density at radius 2 is 1.59 bits per heavy atom. The van der Waals surface area contributed by atoms with Crippen LogP contribution in [-0.4, -0.2) is 85.8 Å². The van der Waals surface area contributed by atoms with Gasteiger partial charge in [0.1, 0.15) is 6.33 Å². The van der Waals surface area contributed by atoms with Gasteiger partial charge in [0, 0.05) is 83.8 Å². The first-order chi connectivity index (χ1) is 29.2. The zero-order chi connectivity index (χ0) is 43.1. The third-order valence-electron chi connectivity index (χ3n) is 11.0. The molecule has 7 rings (SSSR count). The highest BCUT2D eigenvalue weighted by atomic mass is 35.5. The maximum atomic E-state index is 14.7. The van der Waals surface area contributed by atoms with Gasteiger partial charge in [0.05, 0.1) is 16.0 Å². The number of alkyl halides is 3. The Hall–Kier alpha value is -4.86. The number of hydrogen-bond donors (Lipinski definition) is 2. The van der Waals surface area contributed by atoms with Gasteiger partial charge >= 0.3 is 6.18 Å². The number of benzene rings is 5. The molecule has 5 aromatic carbocycles. The Balaban J connectivity index is 1.04. The van der Waals surface area contributed by atoms with Gasteiger partial charge in [-0.05, 0) is 105 Å². The lowest BCUT2D eigenvalue weighted by Crippen LogP contribution is -2.46. The van der Waals surface area contributed by atoms with E-state index in [2.05, 4.69) is 66.8 Å². The second kappa shape index (κ2) is 19.5. The van der Waals surface area contributed by atoms with E-state index in [1.807, 2.05) is 79.8 Å². The molecule has 0 radical (unpaired) electrons. The summed E-state index contributed by atoms with van der Waals surface area (Å²) in [5.41, 5.74) is 3.72. The lowest BCUT2D eigenvalue weighted by atomic mass is 9.99. The standard InChI is InChI=1S/C46H49ClF3N7O2S2/c1-32(2)55(3)22-21-36(30-60-38-10-5-4-6-11-38)53-43-20-18-39(28-42(43)46(48,49)50)61(58,59)54-45-41-19-17-37(27-44(41)51-31-52-45)57-25-23-56(24-26-57)29-34-9-7-8-12-40(34)33-13-15-35(47)16-14-33/h4-20,27-28,31-32,36,53H,21-26,29-30H2,1-3H3,(H,51,52,54)/t36-/m1/s1. The molecule has 0 aliphatic carbocycles. The Morgan fingerprint density at radius 1 is 0.869 bits per heavy atom. The third-order valence-corrected chi connectivity index (χ3v) is 13.8. The van der Waals surface area contributed by atoms with E-state index in [-0.39, 0.29) is 23.6 Å². The fraction of sp³-hybridized carbons (Fsp3) is 0.304. The summed E-state index contributed by atoms with van der Waals surface area (Å²) in [6.45, 7) is 8.79. The highest BCUT2D eigenvalue weighted by Gasteiger charge is 2.36. The number of halogens is 4. The summed E-state index contributed by atoms with van der Waals surface area (Å²) in [6, 6.07) is 34.5. The van der Waals surface area contributed by atoms with Crippen LogP contribution in [0.3, 0.4) is 0 Å². The van der Waals surface area contributed by atoms with Crippen LogP contribution in [0.1, 0.15) is 31.4 Å². The van der Waals surface area contributed by atoms with Crippen molar-refractivity contribution < 1.29 is 21.6 Å². The first-order valence-electron chi connectivity index (χ1n) is 20.2. The molecule has 2 N–H and O–H groups in total. The van der Waals surface area contributed by atoms with Crippen LogP contribution in [0.25, 0.3) is 22.0 Å². The zero-order valence-corrected chi connectivity index (χ0v) is 36.6. The summed E-state index contributed by atoms with van der Waals surface area (Å²) in [7, 11) is -2.52. The minimum atomic E-state index is -4.83. The predicted molar refractivity (Wildman–Crippen MR) is 243 cm³/mol. The molecule has 1 aromatic heterocycles. The molecule has 0 amide bonds. The number of nitrogens with zero attached hydrogens (tertiary/aromatic N) is 5. The van der Waals surface area contributed by atoms with Gasteiger partial charge < -0.3 is 15.1 Å².